The van der Waals surface area contributed by atoms with Gasteiger partial charge < -0.3 is 0 Å². The Bertz CT molecular complexity index is 208. The molecule has 0 spiro atoms. The summed E-state index contributed by atoms with van der Waals surface area (Å²) < 4.78 is 64.0. The van der Waals surface area contributed by atoms with Crippen molar-refractivity contribution in [1.82, 2.24) is 0 Å². The second-order valence-electron chi connectivity index (χ2n) is 0.896. The summed E-state index contributed by atoms with van der Waals surface area (Å²) in [6.07, 6.45) is 0. The number of rotatable bonds is 0. The standard InChI is InChI=1S/2Mo.Na.4H2O.4O/h;;;4*1H2;;;;/q2*+2;;;;;;;;;/p-4. The zero-order chi connectivity index (χ0) is 9.00. The van der Waals surface area contributed by atoms with Gasteiger partial charge in [0.05, 0.1) is 0 Å². The van der Waals surface area contributed by atoms with Crippen molar-refractivity contribution < 1.29 is 62.1 Å². The van der Waals surface area contributed by atoms with Crippen LogP contribution >= 0.6 is 0 Å². The van der Waals surface area contributed by atoms with E-state index in [2.05, 4.69) is 0 Å². The Morgan fingerprint density at radius 1 is 0.636 bits per heavy atom. The molecule has 0 aliphatic carbocycles. The summed E-state index contributed by atoms with van der Waals surface area (Å²) in [5.41, 5.74) is 0. The van der Waals surface area contributed by atoms with E-state index in [1.54, 1.807) is 0 Å². The Labute approximate surface area is 90.6 Å². The summed E-state index contributed by atoms with van der Waals surface area (Å²) in [5.74, 6) is 0. The van der Waals surface area contributed by atoms with E-state index in [0.717, 1.165) is 0 Å². The Kier molecular flexibility index (Phi) is 11.4. The van der Waals surface area contributed by atoms with Crippen molar-refractivity contribution in [3.8, 4) is 0 Å². The third-order valence-electron chi connectivity index (χ3n) is 0. The van der Waals surface area contributed by atoms with E-state index in [9.17, 15) is 0 Å². The first-order valence-electron chi connectivity index (χ1n) is 1.40. The fraction of sp³-hybridized carbons (Fsp3) is 0. The van der Waals surface area contributed by atoms with E-state index >= 15 is 0 Å². The van der Waals surface area contributed by atoms with Crippen molar-refractivity contribution in [2.75, 3.05) is 0 Å². The first-order valence-corrected chi connectivity index (χ1v) is 8.26. The third-order valence-corrected chi connectivity index (χ3v) is 0. The molecule has 11 heteroatoms. The van der Waals surface area contributed by atoms with Gasteiger partial charge in [0.15, 0.2) is 0 Å². The van der Waals surface area contributed by atoms with E-state index < -0.39 is 33.5 Å². The summed E-state index contributed by atoms with van der Waals surface area (Å²) in [6.45, 7) is 0. The fourth-order valence-corrected chi connectivity index (χ4v) is 0. The number of hydrogen-bond acceptors (Lipinski definition) is 4. The summed E-state index contributed by atoms with van der Waals surface area (Å²) in [6, 6.07) is 0. The molecule has 0 aliphatic heterocycles. The molecule has 0 heterocycles. The van der Waals surface area contributed by atoms with E-state index in [4.69, 9.17) is 28.6 Å². The molecule has 65 valence electrons. The first-order chi connectivity index (χ1) is 4.00. The molecule has 0 bridgehead atoms. The van der Waals surface area contributed by atoms with Gasteiger partial charge in [0.2, 0.25) is 0 Å². The van der Waals surface area contributed by atoms with Crippen LogP contribution in [-0.2, 0) is 47.1 Å². The van der Waals surface area contributed by atoms with Crippen LogP contribution in [-0.4, -0.2) is 44.6 Å². The van der Waals surface area contributed by atoms with Gasteiger partial charge in [-0.1, -0.05) is 0 Å². The van der Waals surface area contributed by atoms with Gasteiger partial charge >= 0.3 is 62.1 Å². The van der Waals surface area contributed by atoms with Crippen LogP contribution in [0.15, 0.2) is 0 Å². The Hall–Kier alpha value is 1.42. The van der Waals surface area contributed by atoms with Crippen molar-refractivity contribution in [3.63, 3.8) is 0 Å². The average molecular weight is 347 g/mol. The molecule has 0 unspecified atom stereocenters. The monoisotopic (exact) mass is 351 g/mol. The van der Waals surface area contributed by atoms with Gasteiger partial charge in [0.25, 0.3) is 0 Å². The van der Waals surface area contributed by atoms with Crippen LogP contribution < -0.4 is 0 Å². The molecule has 0 amide bonds. The Balaban J connectivity index is -0.000000107. The maximum absolute atomic E-state index is 8.85. The van der Waals surface area contributed by atoms with Crippen molar-refractivity contribution in [2.45, 2.75) is 0 Å². The molecular formula is H4Mo2NaO8. The summed E-state index contributed by atoms with van der Waals surface area (Å²) in [4.78, 5) is 0. The minimum absolute atomic E-state index is 0. The van der Waals surface area contributed by atoms with Crippen LogP contribution in [0.1, 0.15) is 0 Å². The zero-order valence-corrected chi connectivity index (χ0v) is 11.3. The second-order valence-corrected chi connectivity index (χ2v) is 5.30. The van der Waals surface area contributed by atoms with Gasteiger partial charge in [-0.15, -0.1) is 0 Å². The molecule has 0 aliphatic rings. The molecule has 0 saturated carbocycles. The van der Waals surface area contributed by atoms with Crippen LogP contribution in [0.5, 0.6) is 0 Å². The van der Waals surface area contributed by atoms with Crippen molar-refractivity contribution in [3.05, 3.63) is 0 Å². The summed E-state index contributed by atoms with van der Waals surface area (Å²) in [7, 11) is 0. The van der Waals surface area contributed by atoms with Gasteiger partial charge in [0, 0.05) is 29.6 Å². The second kappa shape index (κ2) is 6.88. The minimum atomic E-state index is -5.52. The van der Waals surface area contributed by atoms with Gasteiger partial charge in [-0.05, 0) is 0 Å². The number of hydrogen-bond donors (Lipinski definition) is 4. The van der Waals surface area contributed by atoms with Crippen LogP contribution in [0, 0.1) is 0 Å². The summed E-state index contributed by atoms with van der Waals surface area (Å²) >= 11 is -11.0. The zero-order valence-electron chi connectivity index (χ0n) is 5.24. The maximum atomic E-state index is 8.85. The van der Waals surface area contributed by atoms with Gasteiger partial charge in [0.1, 0.15) is 0 Å². The topological polar surface area (TPSA) is 149 Å². The molecule has 0 saturated heterocycles. The third kappa shape index (κ3) is 504. The molecule has 1 radical (unpaired) electrons. The van der Waals surface area contributed by atoms with Gasteiger partial charge in [-0.3, -0.25) is 0 Å². The van der Waals surface area contributed by atoms with Gasteiger partial charge in [-0.2, -0.15) is 0 Å². The van der Waals surface area contributed by atoms with Crippen molar-refractivity contribution in [1.29, 1.82) is 0 Å². The van der Waals surface area contributed by atoms with Crippen LogP contribution in [0.2, 0.25) is 0 Å². The quantitative estimate of drug-likeness (QED) is 0.337. The Morgan fingerprint density at radius 2 is 0.636 bits per heavy atom. The fourth-order valence-electron chi connectivity index (χ4n) is 0. The predicted octanol–water partition coefficient (Wildman–Crippen LogP) is -3.09. The van der Waals surface area contributed by atoms with E-state index in [0.29, 0.717) is 0 Å². The normalized spacial score (nSPS) is 10.5. The van der Waals surface area contributed by atoms with E-state index in [1.807, 2.05) is 0 Å². The van der Waals surface area contributed by atoms with Crippen LogP contribution in [0.25, 0.3) is 0 Å². The molecule has 8 nitrogen and oxygen atoms in total. The average Bonchev–Trinajstić information content (AvgIpc) is 1.12. The van der Waals surface area contributed by atoms with Crippen molar-refractivity contribution >= 4 is 29.6 Å². The molecule has 0 aromatic rings. The molecule has 0 fully saturated rings. The predicted molar refractivity (Wildman–Crippen MR) is 17.4 cm³/mol. The van der Waals surface area contributed by atoms with Crippen LogP contribution in [0.3, 0.4) is 0 Å². The molecular weight excluding hydrogens is 343 g/mol. The summed E-state index contributed by atoms with van der Waals surface area (Å²) in [5, 5.41) is 0. The van der Waals surface area contributed by atoms with Crippen molar-refractivity contribution in [2.24, 2.45) is 0 Å². The molecule has 4 N–H and O–H groups in total. The molecule has 11 heavy (non-hydrogen) atoms. The van der Waals surface area contributed by atoms with E-state index in [-0.39, 0.29) is 29.6 Å². The Morgan fingerprint density at radius 3 is 0.636 bits per heavy atom. The SMILES string of the molecule is [Na].[O]=[Mo](=[O])([OH])[OH].[O]=[Mo](=[O])([OH])[OH]. The molecule has 0 aromatic heterocycles. The molecule has 0 atom stereocenters. The molecule has 0 aromatic carbocycles. The molecule has 0 rings (SSSR count). The first kappa shape index (κ1) is 18.3. The van der Waals surface area contributed by atoms with Gasteiger partial charge in [-0.25, -0.2) is 0 Å². The van der Waals surface area contributed by atoms with Crippen LogP contribution in [0.4, 0.5) is 0 Å². The van der Waals surface area contributed by atoms with E-state index in [1.165, 1.54) is 0 Å².